The lowest BCUT2D eigenvalue weighted by atomic mass is 10.4. The summed E-state index contributed by atoms with van der Waals surface area (Å²) in [4.78, 5) is 0. The Labute approximate surface area is 103 Å². The highest BCUT2D eigenvalue weighted by atomic mass is 31.2. The van der Waals surface area contributed by atoms with Gasteiger partial charge in [0.05, 0.1) is 18.3 Å². The number of hydrogen-bond acceptors (Lipinski definition) is 7. The van der Waals surface area contributed by atoms with E-state index in [1.807, 2.05) is 0 Å². The van der Waals surface area contributed by atoms with E-state index in [-0.39, 0.29) is 19.6 Å². The molecule has 0 aromatic rings. The molecule has 0 fully saturated rings. The predicted molar refractivity (Wildman–Crippen MR) is 66.4 cm³/mol. The molecule has 3 atom stereocenters. The van der Waals surface area contributed by atoms with Crippen molar-refractivity contribution in [2.45, 2.75) is 39.1 Å². The average Bonchev–Trinajstić information content (AvgIpc) is 2.27. The standard InChI is InChI=1S/C9H24N3O4P/c1-7(4-10)14-17(13,15-8(2)5-11)16-9(3)6-12/h7-9H,4-6,10-12H2,1-3H3/t7-,8-,9-/m1/s1. The highest BCUT2D eigenvalue weighted by Gasteiger charge is 2.32. The zero-order chi connectivity index (χ0) is 13.5. The summed E-state index contributed by atoms with van der Waals surface area (Å²) in [6, 6.07) is 0. The second-order valence-corrected chi connectivity index (χ2v) is 5.43. The zero-order valence-electron chi connectivity index (χ0n) is 10.7. The fourth-order valence-corrected chi connectivity index (χ4v) is 2.59. The largest absolute Gasteiger partial charge is 0.475 e. The van der Waals surface area contributed by atoms with Gasteiger partial charge in [0.1, 0.15) is 0 Å². The van der Waals surface area contributed by atoms with Crippen LogP contribution in [0, 0.1) is 0 Å². The second-order valence-electron chi connectivity index (χ2n) is 3.90. The van der Waals surface area contributed by atoms with Gasteiger partial charge in [0.15, 0.2) is 0 Å². The minimum Gasteiger partial charge on any atom is -0.328 e. The van der Waals surface area contributed by atoms with Crippen molar-refractivity contribution in [3.8, 4) is 0 Å². The van der Waals surface area contributed by atoms with E-state index in [2.05, 4.69) is 0 Å². The molecule has 6 N–H and O–H groups in total. The summed E-state index contributed by atoms with van der Waals surface area (Å²) in [7, 11) is -3.68. The van der Waals surface area contributed by atoms with E-state index in [4.69, 9.17) is 30.8 Å². The van der Waals surface area contributed by atoms with Crippen molar-refractivity contribution in [2.75, 3.05) is 19.6 Å². The molecule has 0 radical (unpaired) electrons. The van der Waals surface area contributed by atoms with Crippen LogP contribution < -0.4 is 17.2 Å². The Balaban J connectivity index is 4.62. The molecule has 0 spiro atoms. The topological polar surface area (TPSA) is 123 Å². The SMILES string of the molecule is C[C@H](CN)OP(=O)(O[C@H](C)CN)O[C@H](C)CN. The van der Waals surface area contributed by atoms with E-state index in [1.54, 1.807) is 20.8 Å². The fraction of sp³-hybridized carbons (Fsp3) is 1.00. The maximum absolute atomic E-state index is 12.3. The van der Waals surface area contributed by atoms with E-state index in [9.17, 15) is 4.57 Å². The van der Waals surface area contributed by atoms with Gasteiger partial charge >= 0.3 is 7.82 Å². The summed E-state index contributed by atoms with van der Waals surface area (Å²) in [6.45, 7) is 5.68. The van der Waals surface area contributed by atoms with E-state index in [1.165, 1.54) is 0 Å². The van der Waals surface area contributed by atoms with Crippen LogP contribution >= 0.6 is 7.82 Å². The van der Waals surface area contributed by atoms with Gasteiger partial charge in [0.25, 0.3) is 0 Å². The number of rotatable bonds is 9. The fourth-order valence-electron chi connectivity index (χ4n) is 0.865. The summed E-state index contributed by atoms with van der Waals surface area (Å²) < 4.78 is 27.9. The van der Waals surface area contributed by atoms with Crippen molar-refractivity contribution in [2.24, 2.45) is 17.2 Å². The lowest BCUT2D eigenvalue weighted by Crippen LogP contribution is -2.27. The van der Waals surface area contributed by atoms with Gasteiger partial charge in [0, 0.05) is 19.6 Å². The lowest BCUT2D eigenvalue weighted by molar-refractivity contribution is 0.0490. The Morgan fingerprint density at radius 2 is 1.06 bits per heavy atom. The zero-order valence-corrected chi connectivity index (χ0v) is 11.6. The van der Waals surface area contributed by atoms with E-state index < -0.39 is 26.1 Å². The minimum atomic E-state index is -3.68. The van der Waals surface area contributed by atoms with Gasteiger partial charge in [-0.05, 0) is 20.8 Å². The summed E-state index contributed by atoms with van der Waals surface area (Å²) >= 11 is 0. The van der Waals surface area contributed by atoms with E-state index >= 15 is 0 Å². The van der Waals surface area contributed by atoms with Crippen LogP contribution in [0.5, 0.6) is 0 Å². The monoisotopic (exact) mass is 269 g/mol. The van der Waals surface area contributed by atoms with Crippen molar-refractivity contribution in [1.29, 1.82) is 0 Å². The normalized spacial score (nSPS) is 17.8. The molecule has 0 saturated carbocycles. The molecule has 0 rings (SSSR count). The lowest BCUT2D eigenvalue weighted by Gasteiger charge is -2.25. The van der Waals surface area contributed by atoms with E-state index in [0.29, 0.717) is 0 Å². The number of hydrogen-bond donors (Lipinski definition) is 3. The first-order valence-electron chi connectivity index (χ1n) is 5.62. The molecule has 8 heteroatoms. The molecule has 0 heterocycles. The molecular weight excluding hydrogens is 245 g/mol. The Hall–Kier alpha value is -0.0100. The van der Waals surface area contributed by atoms with Crippen LogP contribution in [0.4, 0.5) is 0 Å². The first-order chi connectivity index (χ1) is 7.86. The number of phosphoric ester groups is 1. The third-order valence-electron chi connectivity index (χ3n) is 1.92. The van der Waals surface area contributed by atoms with Gasteiger partial charge in [-0.1, -0.05) is 0 Å². The Bertz CT molecular complexity index is 216. The van der Waals surface area contributed by atoms with Crippen molar-refractivity contribution >= 4 is 7.82 Å². The Morgan fingerprint density at radius 3 is 1.24 bits per heavy atom. The van der Waals surface area contributed by atoms with Crippen LogP contribution in [0.3, 0.4) is 0 Å². The summed E-state index contributed by atoms with van der Waals surface area (Å²) in [5.74, 6) is 0. The number of nitrogens with two attached hydrogens (primary N) is 3. The molecule has 0 bridgehead atoms. The van der Waals surface area contributed by atoms with Gasteiger partial charge < -0.3 is 17.2 Å². The molecule has 0 amide bonds. The Kier molecular flexibility index (Phi) is 8.15. The molecule has 0 aliphatic heterocycles. The summed E-state index contributed by atoms with van der Waals surface area (Å²) in [5.41, 5.74) is 16.2. The summed E-state index contributed by atoms with van der Waals surface area (Å²) in [5, 5.41) is 0. The van der Waals surface area contributed by atoms with Crippen LogP contribution in [0.25, 0.3) is 0 Å². The first kappa shape index (κ1) is 17.0. The van der Waals surface area contributed by atoms with Crippen molar-refractivity contribution < 1.29 is 18.1 Å². The minimum absolute atomic E-state index is 0.213. The van der Waals surface area contributed by atoms with Crippen LogP contribution in [0.1, 0.15) is 20.8 Å². The van der Waals surface area contributed by atoms with Crippen molar-refractivity contribution in [1.82, 2.24) is 0 Å². The van der Waals surface area contributed by atoms with Crippen LogP contribution in [-0.4, -0.2) is 37.9 Å². The van der Waals surface area contributed by atoms with Gasteiger partial charge in [-0.15, -0.1) is 0 Å². The highest BCUT2D eigenvalue weighted by Crippen LogP contribution is 2.52. The van der Waals surface area contributed by atoms with Crippen molar-refractivity contribution in [3.05, 3.63) is 0 Å². The van der Waals surface area contributed by atoms with E-state index in [0.717, 1.165) is 0 Å². The number of phosphoric acid groups is 1. The van der Waals surface area contributed by atoms with Crippen molar-refractivity contribution in [3.63, 3.8) is 0 Å². The molecule has 0 aromatic heterocycles. The Morgan fingerprint density at radius 1 is 0.824 bits per heavy atom. The van der Waals surface area contributed by atoms with Gasteiger partial charge in [0.2, 0.25) is 0 Å². The second kappa shape index (κ2) is 8.16. The maximum Gasteiger partial charge on any atom is 0.475 e. The quantitative estimate of drug-likeness (QED) is 0.510. The average molecular weight is 269 g/mol. The molecule has 0 aliphatic rings. The summed E-state index contributed by atoms with van der Waals surface area (Å²) in [6.07, 6.45) is -1.30. The van der Waals surface area contributed by atoms with Crippen LogP contribution in [-0.2, 0) is 18.1 Å². The first-order valence-corrected chi connectivity index (χ1v) is 7.08. The maximum atomic E-state index is 12.3. The molecule has 104 valence electrons. The highest BCUT2D eigenvalue weighted by molar-refractivity contribution is 7.48. The van der Waals surface area contributed by atoms with Gasteiger partial charge in [-0.3, -0.25) is 13.6 Å². The third kappa shape index (κ3) is 7.10. The molecule has 7 nitrogen and oxygen atoms in total. The molecule has 0 saturated heterocycles. The smallest absolute Gasteiger partial charge is 0.328 e. The van der Waals surface area contributed by atoms with Gasteiger partial charge in [-0.25, -0.2) is 4.57 Å². The molecule has 0 aliphatic carbocycles. The molecular formula is C9H24N3O4P. The third-order valence-corrected chi connectivity index (χ3v) is 3.78. The van der Waals surface area contributed by atoms with Crippen LogP contribution in [0.15, 0.2) is 0 Å². The molecule has 17 heavy (non-hydrogen) atoms. The predicted octanol–water partition coefficient (Wildman–Crippen LogP) is 0.186. The molecule has 0 aromatic carbocycles. The molecule has 0 unspecified atom stereocenters. The van der Waals surface area contributed by atoms with Gasteiger partial charge in [-0.2, -0.15) is 0 Å². The van der Waals surface area contributed by atoms with Crippen LogP contribution in [0.2, 0.25) is 0 Å².